The molecule has 2 aliphatic heterocycles. The number of piperidine rings is 1. The zero-order valence-corrected chi connectivity index (χ0v) is 9.89. The Morgan fingerprint density at radius 3 is 2.44 bits per heavy atom. The maximum Gasteiger partial charge on any atom is 0.333 e. The average molecular weight is 222 g/mol. The molecule has 0 aromatic rings. The summed E-state index contributed by atoms with van der Waals surface area (Å²) in [4.78, 5) is 17.0. The lowest BCUT2D eigenvalue weighted by molar-refractivity contribution is 0.150. The Morgan fingerprint density at radius 1 is 1.31 bits per heavy atom. The Labute approximate surface area is 96.2 Å². The highest BCUT2D eigenvalue weighted by Gasteiger charge is 2.40. The summed E-state index contributed by atoms with van der Waals surface area (Å²) in [5.41, 5.74) is 0. The maximum absolute atomic E-state index is 11.7. The fourth-order valence-electron chi connectivity index (χ4n) is 2.68. The van der Waals surface area contributed by atoms with Crippen LogP contribution in [-0.4, -0.2) is 60.5 Å². The van der Waals surface area contributed by atoms with E-state index in [4.69, 9.17) is 5.26 Å². The van der Waals surface area contributed by atoms with E-state index in [0.29, 0.717) is 12.5 Å². The second-order valence-corrected chi connectivity index (χ2v) is 4.81. The molecule has 1 unspecified atom stereocenters. The van der Waals surface area contributed by atoms with Crippen molar-refractivity contribution in [3.63, 3.8) is 0 Å². The predicted octanol–water partition coefficient (Wildman–Crippen LogP) is 0.545. The van der Waals surface area contributed by atoms with Crippen LogP contribution in [-0.2, 0) is 0 Å². The van der Waals surface area contributed by atoms with Gasteiger partial charge in [-0.1, -0.05) is 0 Å². The van der Waals surface area contributed by atoms with E-state index in [-0.39, 0.29) is 12.1 Å². The van der Waals surface area contributed by atoms with Gasteiger partial charge in [-0.2, -0.15) is 5.26 Å². The Kier molecular flexibility index (Phi) is 3.01. The molecule has 0 aromatic heterocycles. The molecule has 0 aliphatic carbocycles. The number of likely N-dealkylation sites (tertiary alicyclic amines) is 1. The topological polar surface area (TPSA) is 50.6 Å². The lowest BCUT2D eigenvalue weighted by Crippen LogP contribution is -2.42. The molecule has 0 saturated carbocycles. The number of urea groups is 1. The van der Waals surface area contributed by atoms with E-state index in [2.05, 4.69) is 11.9 Å². The van der Waals surface area contributed by atoms with Crippen LogP contribution in [0.15, 0.2) is 0 Å². The van der Waals surface area contributed by atoms with Gasteiger partial charge in [-0.25, -0.2) is 9.69 Å². The number of nitrogens with zero attached hydrogens (tertiary/aromatic N) is 4. The summed E-state index contributed by atoms with van der Waals surface area (Å²) in [6.07, 6.45) is 4.20. The first-order chi connectivity index (χ1) is 7.63. The van der Waals surface area contributed by atoms with Crippen molar-refractivity contribution in [2.24, 2.45) is 5.92 Å². The standard InChI is InChI=1S/C11H18N4O/c1-13-5-3-9(4-6-13)10-7-15(8-12)11(16)14(10)2/h9-10H,3-7H2,1-2H3. The maximum atomic E-state index is 11.7. The van der Waals surface area contributed by atoms with E-state index in [0.717, 1.165) is 25.9 Å². The van der Waals surface area contributed by atoms with Crippen molar-refractivity contribution < 1.29 is 4.79 Å². The molecule has 0 spiro atoms. The Balaban J connectivity index is 2.01. The van der Waals surface area contributed by atoms with Crippen LogP contribution < -0.4 is 0 Å². The molecule has 0 N–H and O–H groups in total. The summed E-state index contributed by atoms with van der Waals surface area (Å²) in [5, 5.41) is 8.83. The highest BCUT2D eigenvalue weighted by Crippen LogP contribution is 2.27. The van der Waals surface area contributed by atoms with Crippen molar-refractivity contribution in [1.82, 2.24) is 14.7 Å². The monoisotopic (exact) mass is 222 g/mol. The van der Waals surface area contributed by atoms with Crippen molar-refractivity contribution in [1.29, 1.82) is 5.26 Å². The van der Waals surface area contributed by atoms with Crippen molar-refractivity contribution in [2.75, 3.05) is 33.7 Å². The van der Waals surface area contributed by atoms with Gasteiger partial charge in [-0.15, -0.1) is 0 Å². The molecule has 2 saturated heterocycles. The minimum absolute atomic E-state index is 0.147. The third-order valence-electron chi connectivity index (χ3n) is 3.83. The normalized spacial score (nSPS) is 28.6. The van der Waals surface area contributed by atoms with Crippen LogP contribution in [0, 0.1) is 17.4 Å². The molecule has 88 valence electrons. The first-order valence-corrected chi connectivity index (χ1v) is 5.76. The van der Waals surface area contributed by atoms with Crippen molar-refractivity contribution in [3.8, 4) is 6.19 Å². The smallest absolute Gasteiger partial charge is 0.322 e. The molecule has 2 heterocycles. The second-order valence-electron chi connectivity index (χ2n) is 4.81. The van der Waals surface area contributed by atoms with Crippen LogP contribution in [0.5, 0.6) is 0 Å². The molecule has 5 heteroatoms. The molecule has 1 atom stereocenters. The number of likely N-dealkylation sites (N-methyl/N-ethyl adjacent to an activating group) is 1. The van der Waals surface area contributed by atoms with E-state index >= 15 is 0 Å². The summed E-state index contributed by atoms with van der Waals surface area (Å²) in [6.45, 7) is 2.76. The summed E-state index contributed by atoms with van der Waals surface area (Å²) < 4.78 is 0. The van der Waals surface area contributed by atoms with Gasteiger partial charge in [-0.05, 0) is 38.9 Å². The zero-order chi connectivity index (χ0) is 11.7. The molecule has 0 aromatic carbocycles. The average Bonchev–Trinajstić information content (AvgIpc) is 2.57. The molecule has 2 aliphatic rings. The number of nitriles is 1. The quantitative estimate of drug-likeness (QED) is 0.609. The zero-order valence-electron chi connectivity index (χ0n) is 9.89. The van der Waals surface area contributed by atoms with Crippen LogP contribution in [0.1, 0.15) is 12.8 Å². The van der Waals surface area contributed by atoms with Gasteiger partial charge in [0, 0.05) is 7.05 Å². The van der Waals surface area contributed by atoms with Crippen LogP contribution in [0.3, 0.4) is 0 Å². The van der Waals surface area contributed by atoms with Crippen LogP contribution in [0.2, 0.25) is 0 Å². The summed E-state index contributed by atoms with van der Waals surface area (Å²) in [6, 6.07) is 0.0762. The minimum atomic E-state index is -0.147. The third kappa shape index (κ3) is 1.85. The number of rotatable bonds is 1. The predicted molar refractivity (Wildman–Crippen MR) is 59.5 cm³/mol. The molecule has 2 fully saturated rings. The van der Waals surface area contributed by atoms with E-state index in [1.807, 2.05) is 13.2 Å². The van der Waals surface area contributed by atoms with Crippen LogP contribution >= 0.6 is 0 Å². The first-order valence-electron chi connectivity index (χ1n) is 5.76. The van der Waals surface area contributed by atoms with E-state index in [1.165, 1.54) is 4.90 Å². The highest BCUT2D eigenvalue weighted by molar-refractivity contribution is 5.78. The minimum Gasteiger partial charge on any atom is -0.322 e. The molecular formula is C11H18N4O. The molecule has 0 radical (unpaired) electrons. The SMILES string of the molecule is CN1CCC(C2CN(C#N)C(=O)N2C)CC1. The van der Waals surface area contributed by atoms with Gasteiger partial charge in [0.15, 0.2) is 6.19 Å². The summed E-state index contributed by atoms with van der Waals surface area (Å²) in [7, 11) is 3.93. The van der Waals surface area contributed by atoms with Gasteiger partial charge in [0.2, 0.25) is 0 Å². The number of carbonyl (C=O) groups excluding carboxylic acids is 1. The van der Waals surface area contributed by atoms with Gasteiger partial charge in [0.05, 0.1) is 12.6 Å². The highest BCUT2D eigenvalue weighted by atomic mass is 16.2. The van der Waals surface area contributed by atoms with E-state index in [1.54, 1.807) is 4.90 Å². The fourth-order valence-corrected chi connectivity index (χ4v) is 2.68. The number of hydrogen-bond donors (Lipinski definition) is 0. The Bertz CT molecular complexity index is 316. The van der Waals surface area contributed by atoms with Crippen LogP contribution in [0.25, 0.3) is 0 Å². The van der Waals surface area contributed by atoms with E-state index in [9.17, 15) is 4.79 Å². The van der Waals surface area contributed by atoms with Gasteiger partial charge in [0.25, 0.3) is 0 Å². The molecule has 2 amide bonds. The van der Waals surface area contributed by atoms with Gasteiger partial charge in [0.1, 0.15) is 0 Å². The van der Waals surface area contributed by atoms with Gasteiger partial charge in [-0.3, -0.25) is 0 Å². The number of carbonyl (C=O) groups is 1. The lowest BCUT2D eigenvalue weighted by Gasteiger charge is -2.34. The van der Waals surface area contributed by atoms with Crippen molar-refractivity contribution in [3.05, 3.63) is 0 Å². The van der Waals surface area contributed by atoms with E-state index < -0.39 is 0 Å². The van der Waals surface area contributed by atoms with Gasteiger partial charge < -0.3 is 9.80 Å². The van der Waals surface area contributed by atoms with Gasteiger partial charge >= 0.3 is 6.03 Å². The summed E-state index contributed by atoms with van der Waals surface area (Å²) >= 11 is 0. The number of hydrogen-bond acceptors (Lipinski definition) is 3. The number of amides is 2. The largest absolute Gasteiger partial charge is 0.333 e. The van der Waals surface area contributed by atoms with Crippen LogP contribution in [0.4, 0.5) is 4.79 Å². The molecule has 2 rings (SSSR count). The van der Waals surface area contributed by atoms with Crippen molar-refractivity contribution >= 4 is 6.03 Å². The second kappa shape index (κ2) is 4.30. The molecule has 16 heavy (non-hydrogen) atoms. The molecule has 0 bridgehead atoms. The van der Waals surface area contributed by atoms with Crippen molar-refractivity contribution in [2.45, 2.75) is 18.9 Å². The molecular weight excluding hydrogens is 204 g/mol. The fraction of sp³-hybridized carbons (Fsp3) is 0.818. The first kappa shape index (κ1) is 11.2. The third-order valence-corrected chi connectivity index (χ3v) is 3.83. The Hall–Kier alpha value is -1.28. The summed E-state index contributed by atoms with van der Waals surface area (Å²) in [5.74, 6) is 0.545. The Morgan fingerprint density at radius 2 is 1.94 bits per heavy atom. The lowest BCUT2D eigenvalue weighted by atomic mass is 9.89. The molecule has 5 nitrogen and oxygen atoms in total.